The normalized spacial score (nSPS) is 17.4. The van der Waals surface area contributed by atoms with Gasteiger partial charge in [0.2, 0.25) is 5.95 Å². The number of aromatic nitrogens is 2. The Morgan fingerprint density at radius 2 is 2.18 bits per heavy atom. The molecule has 0 radical (unpaired) electrons. The zero-order chi connectivity index (χ0) is 12.3. The van der Waals surface area contributed by atoms with Crippen molar-refractivity contribution in [2.45, 2.75) is 13.5 Å². The SMILES string of the molecule is CNCc1cnc(N2CCS(=O)CC2)nc1C. The van der Waals surface area contributed by atoms with Gasteiger partial charge in [-0.05, 0) is 14.0 Å². The van der Waals surface area contributed by atoms with E-state index in [4.69, 9.17) is 0 Å². The lowest BCUT2D eigenvalue weighted by Crippen LogP contribution is -2.38. The molecule has 1 aromatic heterocycles. The largest absolute Gasteiger partial charge is 0.339 e. The average Bonchev–Trinajstić information content (AvgIpc) is 2.33. The predicted molar refractivity (Wildman–Crippen MR) is 69.6 cm³/mol. The molecule has 1 aliphatic heterocycles. The molecule has 1 N–H and O–H groups in total. The van der Waals surface area contributed by atoms with E-state index in [-0.39, 0.29) is 0 Å². The summed E-state index contributed by atoms with van der Waals surface area (Å²) < 4.78 is 11.3. The van der Waals surface area contributed by atoms with Gasteiger partial charge >= 0.3 is 0 Å². The van der Waals surface area contributed by atoms with Crippen LogP contribution in [0.2, 0.25) is 0 Å². The van der Waals surface area contributed by atoms with Gasteiger partial charge in [0.15, 0.2) is 0 Å². The van der Waals surface area contributed by atoms with Crippen molar-refractivity contribution >= 4 is 16.7 Å². The Labute approximate surface area is 104 Å². The maximum absolute atomic E-state index is 11.3. The van der Waals surface area contributed by atoms with E-state index < -0.39 is 10.8 Å². The van der Waals surface area contributed by atoms with Gasteiger partial charge in [0.25, 0.3) is 0 Å². The first-order chi connectivity index (χ1) is 8.20. The topological polar surface area (TPSA) is 58.1 Å². The molecule has 0 amide bonds. The molecule has 0 saturated carbocycles. The Bertz CT molecular complexity index is 414. The summed E-state index contributed by atoms with van der Waals surface area (Å²) in [6, 6.07) is 0. The van der Waals surface area contributed by atoms with Gasteiger partial charge in [-0.25, -0.2) is 9.97 Å². The fraction of sp³-hybridized carbons (Fsp3) is 0.636. The van der Waals surface area contributed by atoms with Crippen molar-refractivity contribution in [1.82, 2.24) is 15.3 Å². The number of aryl methyl sites for hydroxylation is 1. The summed E-state index contributed by atoms with van der Waals surface area (Å²) in [6.07, 6.45) is 1.87. The van der Waals surface area contributed by atoms with E-state index in [0.29, 0.717) is 0 Å². The zero-order valence-electron chi connectivity index (χ0n) is 10.3. The third kappa shape index (κ3) is 3.01. The Hall–Kier alpha value is -1.01. The number of nitrogens with one attached hydrogen (secondary N) is 1. The predicted octanol–water partition coefficient (Wildman–Crippen LogP) is 0.0731. The summed E-state index contributed by atoms with van der Waals surface area (Å²) in [5.41, 5.74) is 2.13. The molecule has 1 fully saturated rings. The zero-order valence-corrected chi connectivity index (χ0v) is 11.1. The first-order valence-electron chi connectivity index (χ1n) is 5.77. The Balaban J connectivity index is 2.11. The molecule has 6 heteroatoms. The summed E-state index contributed by atoms with van der Waals surface area (Å²) in [6.45, 7) is 4.37. The molecule has 5 nitrogen and oxygen atoms in total. The van der Waals surface area contributed by atoms with Gasteiger partial charge in [-0.3, -0.25) is 4.21 Å². The van der Waals surface area contributed by atoms with Crippen LogP contribution in [0.15, 0.2) is 6.20 Å². The molecular weight excluding hydrogens is 236 g/mol. The van der Waals surface area contributed by atoms with Crippen molar-refractivity contribution in [2.75, 3.05) is 36.5 Å². The first kappa shape index (κ1) is 12.4. The van der Waals surface area contributed by atoms with E-state index in [0.717, 1.165) is 48.3 Å². The molecule has 2 heterocycles. The number of nitrogens with zero attached hydrogens (tertiary/aromatic N) is 3. The van der Waals surface area contributed by atoms with E-state index >= 15 is 0 Å². The lowest BCUT2D eigenvalue weighted by molar-refractivity contribution is 0.670. The van der Waals surface area contributed by atoms with Gasteiger partial charge in [0, 0.05) is 59.4 Å². The van der Waals surface area contributed by atoms with E-state index in [9.17, 15) is 4.21 Å². The molecule has 1 aromatic rings. The van der Waals surface area contributed by atoms with Crippen molar-refractivity contribution < 1.29 is 4.21 Å². The molecule has 1 aliphatic rings. The molecular formula is C11H18N4OS. The van der Waals surface area contributed by atoms with Crippen LogP contribution in [-0.2, 0) is 17.3 Å². The van der Waals surface area contributed by atoms with Crippen LogP contribution in [0.3, 0.4) is 0 Å². The molecule has 0 unspecified atom stereocenters. The minimum atomic E-state index is -0.655. The lowest BCUT2D eigenvalue weighted by atomic mass is 10.2. The summed E-state index contributed by atoms with van der Waals surface area (Å²) in [4.78, 5) is 11.0. The van der Waals surface area contributed by atoms with Crippen LogP contribution < -0.4 is 10.2 Å². The second-order valence-electron chi connectivity index (χ2n) is 4.15. The van der Waals surface area contributed by atoms with E-state index in [2.05, 4.69) is 20.2 Å². The van der Waals surface area contributed by atoms with Crippen LogP contribution >= 0.6 is 0 Å². The van der Waals surface area contributed by atoms with Crippen molar-refractivity contribution in [3.63, 3.8) is 0 Å². The molecule has 17 heavy (non-hydrogen) atoms. The molecule has 0 spiro atoms. The molecule has 0 bridgehead atoms. The Kier molecular flexibility index (Phi) is 4.06. The van der Waals surface area contributed by atoms with Crippen molar-refractivity contribution in [3.05, 3.63) is 17.5 Å². The quantitative estimate of drug-likeness (QED) is 0.827. The van der Waals surface area contributed by atoms with Crippen molar-refractivity contribution in [3.8, 4) is 0 Å². The van der Waals surface area contributed by atoms with Crippen LogP contribution in [0.4, 0.5) is 5.95 Å². The minimum Gasteiger partial charge on any atom is -0.339 e. The van der Waals surface area contributed by atoms with Crippen LogP contribution in [0, 0.1) is 6.92 Å². The Morgan fingerprint density at radius 3 is 2.76 bits per heavy atom. The fourth-order valence-electron chi connectivity index (χ4n) is 1.83. The lowest BCUT2D eigenvalue weighted by Gasteiger charge is -2.26. The van der Waals surface area contributed by atoms with Crippen molar-refractivity contribution in [2.24, 2.45) is 0 Å². The average molecular weight is 254 g/mol. The van der Waals surface area contributed by atoms with Crippen LogP contribution in [0.25, 0.3) is 0 Å². The molecule has 0 atom stereocenters. The smallest absolute Gasteiger partial charge is 0.225 e. The highest BCUT2D eigenvalue weighted by Gasteiger charge is 2.17. The van der Waals surface area contributed by atoms with Gasteiger partial charge in [-0.1, -0.05) is 0 Å². The number of hydrogen-bond acceptors (Lipinski definition) is 5. The van der Waals surface area contributed by atoms with E-state index in [1.165, 1.54) is 0 Å². The monoisotopic (exact) mass is 254 g/mol. The maximum atomic E-state index is 11.3. The molecule has 94 valence electrons. The minimum absolute atomic E-state index is 0.655. The van der Waals surface area contributed by atoms with Gasteiger partial charge < -0.3 is 10.2 Å². The summed E-state index contributed by atoms with van der Waals surface area (Å²) in [5.74, 6) is 2.21. The van der Waals surface area contributed by atoms with E-state index in [1.807, 2.05) is 20.2 Å². The second kappa shape index (κ2) is 5.55. The highest BCUT2D eigenvalue weighted by atomic mass is 32.2. The molecule has 0 aromatic carbocycles. The Morgan fingerprint density at radius 1 is 1.47 bits per heavy atom. The number of hydrogen-bond donors (Lipinski definition) is 1. The van der Waals surface area contributed by atoms with Gasteiger partial charge in [-0.2, -0.15) is 0 Å². The third-order valence-electron chi connectivity index (χ3n) is 2.90. The number of rotatable bonds is 3. The standard InChI is InChI=1S/C11H18N4OS/c1-9-10(7-12-2)8-13-11(14-9)15-3-5-17(16)6-4-15/h8,12H,3-7H2,1-2H3. The number of anilines is 1. The van der Waals surface area contributed by atoms with Crippen LogP contribution in [0.5, 0.6) is 0 Å². The molecule has 1 saturated heterocycles. The summed E-state index contributed by atoms with van der Waals surface area (Å²) >= 11 is 0. The van der Waals surface area contributed by atoms with Gasteiger partial charge in [0.05, 0.1) is 0 Å². The molecule has 2 rings (SSSR count). The third-order valence-corrected chi connectivity index (χ3v) is 4.17. The molecule has 0 aliphatic carbocycles. The van der Waals surface area contributed by atoms with Crippen LogP contribution in [0.1, 0.15) is 11.3 Å². The van der Waals surface area contributed by atoms with Gasteiger partial charge in [0.1, 0.15) is 0 Å². The first-order valence-corrected chi connectivity index (χ1v) is 7.26. The van der Waals surface area contributed by atoms with E-state index in [1.54, 1.807) is 0 Å². The second-order valence-corrected chi connectivity index (χ2v) is 5.84. The summed E-state index contributed by atoms with van der Waals surface area (Å²) in [7, 11) is 1.26. The fourth-order valence-corrected chi connectivity index (χ4v) is 2.89. The van der Waals surface area contributed by atoms with Gasteiger partial charge in [-0.15, -0.1) is 0 Å². The highest BCUT2D eigenvalue weighted by Crippen LogP contribution is 2.13. The highest BCUT2D eigenvalue weighted by molar-refractivity contribution is 7.85. The maximum Gasteiger partial charge on any atom is 0.225 e. The van der Waals surface area contributed by atoms with Crippen LogP contribution in [-0.4, -0.2) is 45.8 Å². The van der Waals surface area contributed by atoms with Crippen molar-refractivity contribution in [1.29, 1.82) is 0 Å². The summed E-state index contributed by atoms with van der Waals surface area (Å²) in [5, 5.41) is 3.10.